The minimum absolute atomic E-state index is 0.0164. The lowest BCUT2D eigenvalue weighted by Crippen LogP contribution is -2.00. The Morgan fingerprint density at radius 1 is 0.306 bits per heavy atom. The molecule has 0 bridgehead atoms. The molecule has 7 aromatic heterocycles. The minimum Gasteiger partial charge on any atom is -0.456 e. The number of hydrogen-bond donors (Lipinski definition) is 0. The van der Waals surface area contributed by atoms with Gasteiger partial charge in [0.2, 0.25) is 0 Å². The van der Waals surface area contributed by atoms with E-state index in [2.05, 4.69) is 220 Å². The van der Waals surface area contributed by atoms with Crippen LogP contribution in [0, 0.1) is 0 Å². The summed E-state index contributed by atoms with van der Waals surface area (Å²) in [5.41, 5.74) is 21.0. The Morgan fingerprint density at radius 3 is 1.56 bits per heavy atom. The van der Waals surface area contributed by atoms with Crippen LogP contribution in [0.2, 0.25) is 0 Å². The molecule has 1 aliphatic carbocycles. The molecule has 0 aliphatic heterocycles. The zero-order chi connectivity index (χ0) is 46.2. The van der Waals surface area contributed by atoms with Gasteiger partial charge in [0.25, 0.3) is 0 Å². The van der Waals surface area contributed by atoms with Crippen LogP contribution in [0.15, 0.2) is 215 Å². The van der Waals surface area contributed by atoms with Gasteiger partial charge in [-0.05, 0) is 82.9 Å². The van der Waals surface area contributed by atoms with Crippen molar-refractivity contribution in [1.29, 1.82) is 0 Å². The number of nitrogens with zero attached hydrogens (tertiary/aromatic N) is 3. The minimum atomic E-state index is -0.0164. The summed E-state index contributed by atoms with van der Waals surface area (Å²) < 4.78 is 21.2. The maximum Gasteiger partial charge on any atom is 0.159 e. The molecule has 5 heteroatoms. The van der Waals surface area contributed by atoms with Gasteiger partial charge in [-0.15, -0.1) is 0 Å². The van der Waals surface area contributed by atoms with Crippen LogP contribution in [0.25, 0.3) is 159 Å². The van der Waals surface area contributed by atoms with E-state index in [-0.39, 0.29) is 5.92 Å². The fraction of sp³-hybridized carbons (Fsp3) is 0.0149. The summed E-state index contributed by atoms with van der Waals surface area (Å²) in [4.78, 5) is 0. The molecule has 0 amide bonds. The molecule has 1 atom stereocenters. The maximum absolute atomic E-state index is 6.83. The van der Waals surface area contributed by atoms with Gasteiger partial charge in [0.15, 0.2) is 5.58 Å². The first-order valence-corrected chi connectivity index (χ1v) is 25.0. The van der Waals surface area contributed by atoms with E-state index < -0.39 is 0 Å². The van der Waals surface area contributed by atoms with Gasteiger partial charge in [-0.3, -0.25) is 0 Å². The quantitative estimate of drug-likeness (QED) is 0.173. The van der Waals surface area contributed by atoms with Gasteiger partial charge in [0, 0.05) is 86.9 Å². The third-order valence-electron chi connectivity index (χ3n) is 16.9. The van der Waals surface area contributed by atoms with Crippen LogP contribution in [0.1, 0.15) is 22.6 Å². The molecule has 0 N–H and O–H groups in total. The van der Waals surface area contributed by atoms with E-state index in [1.165, 1.54) is 120 Å². The monoisotopic (exact) mass is 913 g/mol. The number of aromatic nitrogens is 3. The lowest BCUT2D eigenvalue weighted by molar-refractivity contribution is 0.661. The van der Waals surface area contributed by atoms with Crippen molar-refractivity contribution in [2.75, 3.05) is 0 Å². The first-order chi connectivity index (χ1) is 35.8. The summed E-state index contributed by atoms with van der Waals surface area (Å²) in [6.07, 6.45) is 0. The Morgan fingerprint density at radius 2 is 0.819 bits per heavy atom. The van der Waals surface area contributed by atoms with E-state index in [4.69, 9.17) is 8.83 Å². The van der Waals surface area contributed by atoms with Gasteiger partial charge in [-0.2, -0.15) is 0 Å². The van der Waals surface area contributed by atoms with Crippen LogP contribution in [0.3, 0.4) is 0 Å². The molecule has 0 spiro atoms. The van der Waals surface area contributed by atoms with Crippen molar-refractivity contribution in [3.63, 3.8) is 0 Å². The highest BCUT2D eigenvalue weighted by Crippen LogP contribution is 2.57. The zero-order valence-corrected chi connectivity index (χ0v) is 38.4. The van der Waals surface area contributed by atoms with Gasteiger partial charge >= 0.3 is 0 Å². The number of hydrogen-bond acceptors (Lipinski definition) is 2. The Hall–Kier alpha value is -9.58. The average molecular weight is 914 g/mol. The van der Waals surface area contributed by atoms with Gasteiger partial charge in [0.05, 0.1) is 49.8 Å². The first kappa shape index (κ1) is 36.4. The molecule has 0 fully saturated rings. The standard InChI is InChI=1S/C67H35N3O2/c1-2-19-39-35(15-1)47-31-49-45-33-56-46(34-55(45)69-52-26-9-4-20-42(52)61(63(49)69)60(47)59(39)44-24-13-22-40-37-17-6-11-29-57(37)71-66(40)44)50-32-48-36-16-3-8-25-51(36)68(64(48)62-43-21-5-10-27-53(43)70(56)65(50)62)54-28-14-23-41-38-18-7-12-30-58(38)72-67(41)54/h1-34,59H. The molecular formula is C67H35N3O2. The molecule has 1 unspecified atom stereocenters. The van der Waals surface area contributed by atoms with E-state index in [1.807, 2.05) is 0 Å². The van der Waals surface area contributed by atoms with Crippen molar-refractivity contribution in [2.24, 2.45) is 0 Å². The van der Waals surface area contributed by atoms with Crippen molar-refractivity contribution in [2.45, 2.75) is 5.92 Å². The van der Waals surface area contributed by atoms with Gasteiger partial charge in [0.1, 0.15) is 16.7 Å². The molecule has 19 rings (SSSR count). The fourth-order valence-electron chi connectivity index (χ4n) is 14.2. The molecule has 5 nitrogen and oxygen atoms in total. The van der Waals surface area contributed by atoms with Crippen LogP contribution in [-0.4, -0.2) is 13.4 Å². The summed E-state index contributed by atoms with van der Waals surface area (Å²) >= 11 is 0. The molecule has 11 aromatic carbocycles. The van der Waals surface area contributed by atoms with E-state index in [1.54, 1.807) is 0 Å². The summed E-state index contributed by atoms with van der Waals surface area (Å²) in [7, 11) is 0. The van der Waals surface area contributed by atoms with Gasteiger partial charge in [-0.25, -0.2) is 0 Å². The van der Waals surface area contributed by atoms with E-state index in [0.29, 0.717) is 0 Å². The molecule has 0 radical (unpaired) electrons. The predicted molar refractivity (Wildman–Crippen MR) is 297 cm³/mol. The molecule has 72 heavy (non-hydrogen) atoms. The number of benzene rings is 11. The van der Waals surface area contributed by atoms with Crippen molar-refractivity contribution < 1.29 is 8.83 Å². The largest absolute Gasteiger partial charge is 0.456 e. The zero-order valence-electron chi connectivity index (χ0n) is 38.4. The van der Waals surface area contributed by atoms with Crippen LogP contribution < -0.4 is 0 Å². The molecule has 18 aromatic rings. The summed E-state index contributed by atoms with van der Waals surface area (Å²) in [5.74, 6) is -0.0164. The van der Waals surface area contributed by atoms with E-state index in [9.17, 15) is 0 Å². The molecule has 0 saturated heterocycles. The number of para-hydroxylation sites is 7. The Balaban J connectivity index is 0.962. The number of fused-ring (bicyclic) bond motifs is 26. The molecule has 7 heterocycles. The second kappa shape index (κ2) is 12.4. The Labute approximate surface area is 407 Å². The maximum atomic E-state index is 6.83. The molecule has 330 valence electrons. The highest BCUT2D eigenvalue weighted by Gasteiger charge is 2.37. The van der Waals surface area contributed by atoms with Crippen molar-refractivity contribution >= 4 is 142 Å². The smallest absolute Gasteiger partial charge is 0.159 e. The van der Waals surface area contributed by atoms with E-state index >= 15 is 0 Å². The van der Waals surface area contributed by atoms with Gasteiger partial charge < -0.3 is 22.2 Å². The first-order valence-electron chi connectivity index (χ1n) is 25.0. The third kappa shape index (κ3) is 4.09. The summed E-state index contributed by atoms with van der Waals surface area (Å²) in [6.45, 7) is 0. The topological polar surface area (TPSA) is 40.0 Å². The second-order valence-corrected chi connectivity index (χ2v) is 20.2. The molecular weight excluding hydrogens is 879 g/mol. The highest BCUT2D eigenvalue weighted by molar-refractivity contribution is 6.36. The summed E-state index contributed by atoms with van der Waals surface area (Å²) in [6, 6.07) is 76.3. The van der Waals surface area contributed by atoms with Gasteiger partial charge in [-0.1, -0.05) is 146 Å². The fourth-order valence-corrected chi connectivity index (χ4v) is 14.2. The molecule has 0 saturated carbocycles. The van der Waals surface area contributed by atoms with Crippen LogP contribution in [-0.2, 0) is 0 Å². The SMILES string of the molecule is c1ccc2c(c1)-c1cc3c4cc5c(cc4n4c6ccccc6c(c1C2c1cccc2c1oc1ccccc12)c34)c1cc2c3ccccc3n(-c3cccc4c3oc3ccccc34)c2c2c3ccccc3n5c12. The van der Waals surface area contributed by atoms with Crippen molar-refractivity contribution in [3.8, 4) is 16.8 Å². The van der Waals surface area contributed by atoms with Crippen molar-refractivity contribution in [3.05, 3.63) is 223 Å². The second-order valence-electron chi connectivity index (χ2n) is 20.2. The molecule has 1 aliphatic rings. The predicted octanol–water partition coefficient (Wildman–Crippen LogP) is 18.0. The number of rotatable bonds is 2. The lowest BCUT2D eigenvalue weighted by atomic mass is 9.85. The van der Waals surface area contributed by atoms with E-state index in [0.717, 1.165) is 55.1 Å². The lowest BCUT2D eigenvalue weighted by Gasteiger charge is -2.16. The van der Waals surface area contributed by atoms with Crippen LogP contribution >= 0.6 is 0 Å². The van der Waals surface area contributed by atoms with Crippen LogP contribution in [0.4, 0.5) is 0 Å². The number of furan rings is 2. The summed E-state index contributed by atoms with van der Waals surface area (Å²) in [5, 5.41) is 17.2. The normalized spacial score (nSPS) is 14.2. The Kier molecular flexibility index (Phi) is 6.28. The van der Waals surface area contributed by atoms with Crippen LogP contribution in [0.5, 0.6) is 0 Å². The van der Waals surface area contributed by atoms with Crippen molar-refractivity contribution in [1.82, 2.24) is 13.4 Å². The Bertz CT molecular complexity index is 5480. The average Bonchev–Trinajstić information content (AvgIpc) is 4.32. The highest BCUT2D eigenvalue weighted by atomic mass is 16.3. The third-order valence-corrected chi connectivity index (χ3v) is 16.9.